The van der Waals surface area contributed by atoms with Crippen molar-refractivity contribution >= 4 is 34.2 Å². The van der Waals surface area contributed by atoms with Gasteiger partial charge in [0.15, 0.2) is 11.5 Å². The van der Waals surface area contributed by atoms with E-state index >= 15 is 0 Å². The van der Waals surface area contributed by atoms with Gasteiger partial charge in [-0.25, -0.2) is 0 Å². The van der Waals surface area contributed by atoms with E-state index in [1.165, 1.54) is 17.4 Å². The minimum Gasteiger partial charge on any atom is -0.493 e. The third-order valence-electron chi connectivity index (χ3n) is 3.88. The molecule has 2 aromatic rings. The summed E-state index contributed by atoms with van der Waals surface area (Å²) < 4.78 is 10.4. The standard InChI is InChI=1S/C19H22N2O4S/c1-5-13-11(2)26-19(17(13)18(20)23)21-16(22)9-7-12-6-8-14(24-3)15(10-12)25-4/h6-10H,5H2,1-4H3,(H2,20,23)(H,21,22)/b9-7-. The second-order valence-corrected chi connectivity index (χ2v) is 6.72. The lowest BCUT2D eigenvalue weighted by atomic mass is 10.1. The van der Waals surface area contributed by atoms with Crippen LogP contribution >= 0.6 is 11.3 Å². The summed E-state index contributed by atoms with van der Waals surface area (Å²) in [6.45, 7) is 3.86. The molecule has 0 atom stereocenters. The van der Waals surface area contributed by atoms with Crippen LogP contribution in [0, 0.1) is 6.92 Å². The molecule has 0 aliphatic carbocycles. The molecule has 0 bridgehead atoms. The number of ether oxygens (including phenoxy) is 2. The number of benzene rings is 1. The first-order valence-electron chi connectivity index (χ1n) is 8.04. The Morgan fingerprint density at radius 1 is 1.23 bits per heavy atom. The molecule has 1 heterocycles. The molecule has 0 aliphatic heterocycles. The fourth-order valence-corrected chi connectivity index (χ4v) is 3.79. The van der Waals surface area contributed by atoms with Crippen LogP contribution in [0.3, 0.4) is 0 Å². The molecule has 0 radical (unpaired) electrons. The van der Waals surface area contributed by atoms with Crippen LogP contribution in [0.1, 0.15) is 33.3 Å². The zero-order valence-electron chi connectivity index (χ0n) is 15.2. The van der Waals surface area contributed by atoms with Crippen molar-refractivity contribution in [3.05, 3.63) is 45.8 Å². The van der Waals surface area contributed by atoms with E-state index in [-0.39, 0.29) is 5.91 Å². The van der Waals surface area contributed by atoms with Gasteiger partial charge in [-0.15, -0.1) is 11.3 Å². The third-order valence-corrected chi connectivity index (χ3v) is 4.94. The van der Waals surface area contributed by atoms with E-state index in [2.05, 4.69) is 5.32 Å². The number of hydrogen-bond acceptors (Lipinski definition) is 5. The topological polar surface area (TPSA) is 90.7 Å². The highest BCUT2D eigenvalue weighted by atomic mass is 32.1. The van der Waals surface area contributed by atoms with Crippen LogP contribution in [-0.2, 0) is 11.2 Å². The van der Waals surface area contributed by atoms with Gasteiger partial charge in [-0.05, 0) is 42.7 Å². The van der Waals surface area contributed by atoms with Gasteiger partial charge >= 0.3 is 0 Å². The summed E-state index contributed by atoms with van der Waals surface area (Å²) in [5.74, 6) is 0.311. The summed E-state index contributed by atoms with van der Waals surface area (Å²) in [4.78, 5) is 25.0. The number of thiophene rings is 1. The predicted octanol–water partition coefficient (Wildman–Crippen LogP) is 3.39. The SMILES string of the molecule is CCc1c(C)sc(NC(=O)/C=C\c2ccc(OC)c(OC)c2)c1C(N)=O. The molecular formula is C19H22N2O4S. The first-order chi connectivity index (χ1) is 12.4. The fourth-order valence-electron chi connectivity index (χ4n) is 2.64. The summed E-state index contributed by atoms with van der Waals surface area (Å²) in [5.41, 5.74) is 7.53. The molecule has 1 aromatic carbocycles. The lowest BCUT2D eigenvalue weighted by Gasteiger charge is -2.07. The molecule has 7 heteroatoms. The number of primary amides is 1. The van der Waals surface area contributed by atoms with Crippen LogP contribution in [0.4, 0.5) is 5.00 Å². The molecule has 6 nitrogen and oxygen atoms in total. The molecule has 0 unspecified atom stereocenters. The number of amides is 2. The second kappa shape index (κ2) is 8.53. The minimum atomic E-state index is -0.537. The number of hydrogen-bond donors (Lipinski definition) is 2. The van der Waals surface area contributed by atoms with E-state index in [0.29, 0.717) is 28.5 Å². The van der Waals surface area contributed by atoms with Gasteiger partial charge in [0.25, 0.3) is 5.91 Å². The van der Waals surface area contributed by atoms with Crippen molar-refractivity contribution in [3.63, 3.8) is 0 Å². The zero-order valence-corrected chi connectivity index (χ0v) is 16.0. The molecular weight excluding hydrogens is 352 g/mol. The number of methoxy groups -OCH3 is 2. The van der Waals surface area contributed by atoms with Gasteiger partial charge in [-0.2, -0.15) is 0 Å². The number of carbonyl (C=O) groups excluding carboxylic acids is 2. The van der Waals surface area contributed by atoms with Gasteiger partial charge in [0.1, 0.15) is 5.00 Å². The maximum Gasteiger partial charge on any atom is 0.251 e. The Balaban J connectivity index is 2.19. The molecule has 0 spiro atoms. The molecule has 2 rings (SSSR count). The lowest BCUT2D eigenvalue weighted by molar-refractivity contribution is -0.111. The minimum absolute atomic E-state index is 0.341. The van der Waals surface area contributed by atoms with E-state index in [1.54, 1.807) is 32.4 Å². The van der Waals surface area contributed by atoms with E-state index in [4.69, 9.17) is 15.2 Å². The Hall–Kier alpha value is -2.80. The lowest BCUT2D eigenvalue weighted by Crippen LogP contribution is -2.16. The largest absolute Gasteiger partial charge is 0.493 e. The van der Waals surface area contributed by atoms with Gasteiger partial charge in [-0.1, -0.05) is 13.0 Å². The van der Waals surface area contributed by atoms with E-state index in [9.17, 15) is 9.59 Å². The van der Waals surface area contributed by atoms with Gasteiger partial charge in [0.2, 0.25) is 5.91 Å². The monoisotopic (exact) mass is 374 g/mol. The molecule has 0 saturated carbocycles. The Bertz CT molecular complexity index is 855. The first-order valence-corrected chi connectivity index (χ1v) is 8.86. The number of aryl methyl sites for hydroxylation is 1. The molecule has 1 aromatic heterocycles. The second-order valence-electron chi connectivity index (χ2n) is 5.50. The van der Waals surface area contributed by atoms with E-state index < -0.39 is 5.91 Å². The van der Waals surface area contributed by atoms with Crippen molar-refractivity contribution in [2.24, 2.45) is 5.73 Å². The molecule has 138 valence electrons. The Labute approximate surface area is 156 Å². The zero-order chi connectivity index (χ0) is 19.3. The number of nitrogens with one attached hydrogen (secondary N) is 1. The molecule has 0 aliphatic rings. The van der Waals surface area contributed by atoms with E-state index in [1.807, 2.05) is 19.9 Å². The Morgan fingerprint density at radius 2 is 1.92 bits per heavy atom. The van der Waals surface area contributed by atoms with Crippen LogP contribution in [-0.4, -0.2) is 26.0 Å². The molecule has 26 heavy (non-hydrogen) atoms. The van der Waals surface area contributed by atoms with Crippen molar-refractivity contribution < 1.29 is 19.1 Å². The highest BCUT2D eigenvalue weighted by Gasteiger charge is 2.19. The van der Waals surface area contributed by atoms with E-state index in [0.717, 1.165) is 16.0 Å². The number of rotatable bonds is 7. The number of anilines is 1. The van der Waals surface area contributed by atoms with Crippen molar-refractivity contribution in [1.29, 1.82) is 0 Å². The number of nitrogens with two attached hydrogens (primary N) is 1. The van der Waals surface area contributed by atoms with Crippen LogP contribution in [0.5, 0.6) is 11.5 Å². The average molecular weight is 374 g/mol. The summed E-state index contributed by atoms with van der Waals surface area (Å²) in [7, 11) is 3.11. The highest BCUT2D eigenvalue weighted by Crippen LogP contribution is 2.33. The first kappa shape index (κ1) is 19.5. The van der Waals surface area contributed by atoms with Crippen LogP contribution in [0.15, 0.2) is 24.3 Å². The van der Waals surface area contributed by atoms with Gasteiger partial charge < -0.3 is 20.5 Å². The molecule has 0 fully saturated rings. The van der Waals surface area contributed by atoms with Crippen molar-refractivity contribution in [1.82, 2.24) is 0 Å². The van der Waals surface area contributed by atoms with Crippen molar-refractivity contribution in [2.45, 2.75) is 20.3 Å². The van der Waals surface area contributed by atoms with Crippen LogP contribution < -0.4 is 20.5 Å². The molecule has 0 saturated heterocycles. The smallest absolute Gasteiger partial charge is 0.251 e. The summed E-state index contributed by atoms with van der Waals surface area (Å²) in [6, 6.07) is 5.34. The fraction of sp³-hybridized carbons (Fsp3) is 0.263. The summed E-state index contributed by atoms with van der Waals surface area (Å²) in [5, 5.41) is 3.23. The highest BCUT2D eigenvalue weighted by molar-refractivity contribution is 7.16. The third kappa shape index (κ3) is 4.23. The average Bonchev–Trinajstić information content (AvgIpc) is 2.94. The Kier molecular flexibility index (Phi) is 6.41. The van der Waals surface area contributed by atoms with Gasteiger partial charge in [0.05, 0.1) is 19.8 Å². The Morgan fingerprint density at radius 3 is 2.50 bits per heavy atom. The summed E-state index contributed by atoms with van der Waals surface area (Å²) >= 11 is 1.35. The summed E-state index contributed by atoms with van der Waals surface area (Å²) in [6.07, 6.45) is 3.73. The van der Waals surface area contributed by atoms with Crippen LogP contribution in [0.25, 0.3) is 6.08 Å². The quantitative estimate of drug-likeness (QED) is 0.727. The maximum atomic E-state index is 12.2. The van der Waals surface area contributed by atoms with Crippen molar-refractivity contribution in [3.8, 4) is 11.5 Å². The molecule has 2 amide bonds. The van der Waals surface area contributed by atoms with Crippen molar-refractivity contribution in [2.75, 3.05) is 19.5 Å². The normalized spacial score (nSPS) is 10.8. The van der Waals surface area contributed by atoms with Crippen LogP contribution in [0.2, 0.25) is 0 Å². The predicted molar refractivity (Wildman–Crippen MR) is 104 cm³/mol. The van der Waals surface area contributed by atoms with Gasteiger partial charge in [-0.3, -0.25) is 9.59 Å². The maximum absolute atomic E-state index is 12.2. The van der Waals surface area contributed by atoms with Gasteiger partial charge in [0, 0.05) is 11.0 Å². The number of carbonyl (C=O) groups is 2. The molecule has 3 N–H and O–H groups in total.